The van der Waals surface area contributed by atoms with Gasteiger partial charge in [0.1, 0.15) is 0 Å². The number of hydrogen-bond acceptors (Lipinski definition) is 0. The lowest BCUT2D eigenvalue weighted by Crippen LogP contribution is -2.33. The van der Waals surface area contributed by atoms with Crippen molar-refractivity contribution in [3.8, 4) is 11.8 Å². The monoisotopic (exact) mass is 398 g/mol. The molecule has 0 N–H and O–H groups in total. The fourth-order valence-corrected chi connectivity index (χ4v) is 5.48. The highest BCUT2D eigenvalue weighted by Crippen LogP contribution is 2.47. The van der Waals surface area contributed by atoms with Crippen LogP contribution in [-0.4, -0.2) is 0 Å². The Balaban J connectivity index is 1.72. The van der Waals surface area contributed by atoms with Crippen LogP contribution in [0, 0.1) is 11.8 Å². The molecule has 0 unspecified atom stereocenters. The van der Waals surface area contributed by atoms with Crippen LogP contribution >= 0.6 is 0 Å². The molecule has 0 amide bonds. The zero-order valence-electron chi connectivity index (χ0n) is 20.3. The van der Waals surface area contributed by atoms with Crippen molar-refractivity contribution in [2.24, 2.45) is 0 Å². The Bertz CT molecular complexity index is 964. The van der Waals surface area contributed by atoms with Crippen LogP contribution in [0.1, 0.15) is 114 Å². The second-order valence-electron chi connectivity index (χ2n) is 12.3. The molecule has 0 heterocycles. The summed E-state index contributed by atoms with van der Waals surface area (Å²) in [4.78, 5) is 0. The predicted octanol–water partition coefficient (Wildman–Crippen LogP) is 7.78. The maximum atomic E-state index is 3.48. The summed E-state index contributed by atoms with van der Waals surface area (Å²) in [5.41, 5.74) is 9.21. The molecule has 0 aliphatic heterocycles. The van der Waals surface area contributed by atoms with Gasteiger partial charge in [-0.1, -0.05) is 79.4 Å². The molecular weight excluding hydrogens is 360 g/mol. The first kappa shape index (κ1) is 21.2. The van der Waals surface area contributed by atoms with Crippen LogP contribution in [0.25, 0.3) is 0 Å². The Morgan fingerprint density at radius 1 is 0.467 bits per heavy atom. The minimum atomic E-state index is 0.226. The van der Waals surface area contributed by atoms with E-state index in [1.165, 1.54) is 47.9 Å². The van der Waals surface area contributed by atoms with Crippen LogP contribution in [0.4, 0.5) is 0 Å². The lowest BCUT2D eigenvalue weighted by molar-refractivity contribution is 0.332. The first-order valence-corrected chi connectivity index (χ1v) is 11.6. The van der Waals surface area contributed by atoms with E-state index in [1.54, 1.807) is 0 Å². The van der Waals surface area contributed by atoms with E-state index in [9.17, 15) is 0 Å². The Morgan fingerprint density at radius 2 is 0.767 bits per heavy atom. The minimum absolute atomic E-state index is 0.226. The second kappa shape index (κ2) is 6.75. The second-order valence-corrected chi connectivity index (χ2v) is 12.3. The average molecular weight is 399 g/mol. The standard InChI is InChI=1S/C30H38/c1-27(2)15-17-29(5,6)25-19-21(11-13-23(25)27)9-10-22-12-14-24-26(20-22)30(7,8)18-16-28(24,3)4/h11-14,19-20H,15-18H2,1-8H3. The summed E-state index contributed by atoms with van der Waals surface area (Å²) in [6.07, 6.45) is 4.97. The summed E-state index contributed by atoms with van der Waals surface area (Å²) < 4.78 is 0. The molecule has 0 radical (unpaired) electrons. The van der Waals surface area contributed by atoms with Gasteiger partial charge in [0, 0.05) is 11.1 Å². The van der Waals surface area contributed by atoms with Crippen molar-refractivity contribution < 1.29 is 0 Å². The van der Waals surface area contributed by atoms with Gasteiger partial charge in [-0.15, -0.1) is 0 Å². The third-order valence-corrected chi connectivity index (χ3v) is 8.06. The molecule has 0 spiro atoms. The van der Waals surface area contributed by atoms with Crippen LogP contribution in [0.15, 0.2) is 36.4 Å². The van der Waals surface area contributed by atoms with E-state index in [0.29, 0.717) is 0 Å². The zero-order chi connectivity index (χ0) is 21.9. The molecule has 2 aromatic carbocycles. The lowest BCUT2D eigenvalue weighted by Gasteiger charge is -2.42. The van der Waals surface area contributed by atoms with Crippen molar-refractivity contribution in [3.63, 3.8) is 0 Å². The highest BCUT2D eigenvalue weighted by Gasteiger charge is 2.38. The Hall–Kier alpha value is -2.00. The van der Waals surface area contributed by atoms with E-state index < -0.39 is 0 Å². The summed E-state index contributed by atoms with van der Waals surface area (Å²) in [5.74, 6) is 6.96. The van der Waals surface area contributed by atoms with Gasteiger partial charge in [-0.2, -0.15) is 0 Å². The number of rotatable bonds is 0. The van der Waals surface area contributed by atoms with Crippen molar-refractivity contribution in [3.05, 3.63) is 69.8 Å². The molecule has 0 atom stereocenters. The van der Waals surface area contributed by atoms with Crippen molar-refractivity contribution in [1.29, 1.82) is 0 Å². The number of fused-ring (bicyclic) bond motifs is 2. The van der Waals surface area contributed by atoms with Crippen molar-refractivity contribution in [2.45, 2.75) is 103 Å². The quantitative estimate of drug-likeness (QED) is 0.397. The maximum Gasteiger partial charge on any atom is 0.0252 e. The maximum absolute atomic E-state index is 3.48. The van der Waals surface area contributed by atoms with E-state index in [1.807, 2.05) is 0 Å². The van der Waals surface area contributed by atoms with Gasteiger partial charge in [-0.05, 0) is 93.9 Å². The molecule has 0 saturated carbocycles. The predicted molar refractivity (Wildman–Crippen MR) is 129 cm³/mol. The van der Waals surface area contributed by atoms with Gasteiger partial charge in [-0.25, -0.2) is 0 Å². The summed E-state index contributed by atoms with van der Waals surface area (Å²) in [6.45, 7) is 19.0. The van der Waals surface area contributed by atoms with Gasteiger partial charge in [-0.3, -0.25) is 0 Å². The molecule has 30 heavy (non-hydrogen) atoms. The summed E-state index contributed by atoms with van der Waals surface area (Å²) >= 11 is 0. The minimum Gasteiger partial charge on any atom is -0.0616 e. The van der Waals surface area contributed by atoms with Gasteiger partial charge in [0.05, 0.1) is 0 Å². The van der Waals surface area contributed by atoms with Crippen molar-refractivity contribution >= 4 is 0 Å². The fourth-order valence-electron chi connectivity index (χ4n) is 5.48. The lowest BCUT2D eigenvalue weighted by atomic mass is 9.63. The van der Waals surface area contributed by atoms with E-state index in [2.05, 4.69) is 104 Å². The summed E-state index contributed by atoms with van der Waals surface area (Å²) in [6, 6.07) is 13.8. The molecule has 0 fully saturated rings. The van der Waals surface area contributed by atoms with Gasteiger partial charge in [0.15, 0.2) is 0 Å². The van der Waals surface area contributed by atoms with Crippen LogP contribution in [-0.2, 0) is 21.7 Å². The van der Waals surface area contributed by atoms with Crippen LogP contribution in [0.2, 0.25) is 0 Å². The number of hydrogen-bond donors (Lipinski definition) is 0. The van der Waals surface area contributed by atoms with Crippen LogP contribution in [0.5, 0.6) is 0 Å². The molecule has 0 saturated heterocycles. The third-order valence-electron chi connectivity index (χ3n) is 8.06. The molecule has 2 aromatic rings. The summed E-state index contributed by atoms with van der Waals surface area (Å²) in [7, 11) is 0. The van der Waals surface area contributed by atoms with E-state index in [4.69, 9.17) is 0 Å². The number of benzene rings is 2. The first-order chi connectivity index (χ1) is 13.8. The van der Waals surface area contributed by atoms with Gasteiger partial charge in [0.25, 0.3) is 0 Å². The van der Waals surface area contributed by atoms with Crippen molar-refractivity contribution in [2.75, 3.05) is 0 Å². The molecule has 2 aliphatic rings. The normalized spacial score (nSPS) is 22.3. The topological polar surface area (TPSA) is 0 Å². The highest BCUT2D eigenvalue weighted by molar-refractivity contribution is 5.52. The SMILES string of the molecule is CC1(C)CCC(C)(C)c2cc(C#Cc3ccc4c(c3)C(C)(C)CCC4(C)C)ccc21. The molecule has 0 nitrogen and oxygen atoms in total. The van der Waals surface area contributed by atoms with Gasteiger partial charge >= 0.3 is 0 Å². The largest absolute Gasteiger partial charge is 0.0616 e. The molecule has 2 aliphatic carbocycles. The summed E-state index contributed by atoms with van der Waals surface area (Å²) in [5, 5.41) is 0. The van der Waals surface area contributed by atoms with E-state index in [-0.39, 0.29) is 21.7 Å². The molecule has 158 valence electrons. The van der Waals surface area contributed by atoms with Crippen LogP contribution < -0.4 is 0 Å². The van der Waals surface area contributed by atoms with E-state index in [0.717, 1.165) is 11.1 Å². The molecule has 0 aromatic heterocycles. The molecule has 0 heteroatoms. The Kier molecular flexibility index (Phi) is 4.78. The van der Waals surface area contributed by atoms with Gasteiger partial charge < -0.3 is 0 Å². The third kappa shape index (κ3) is 3.62. The molecule has 4 rings (SSSR count). The zero-order valence-corrected chi connectivity index (χ0v) is 20.3. The van der Waals surface area contributed by atoms with Crippen molar-refractivity contribution in [1.82, 2.24) is 0 Å². The molecular formula is C30H38. The highest BCUT2D eigenvalue weighted by atomic mass is 14.4. The van der Waals surface area contributed by atoms with E-state index >= 15 is 0 Å². The Labute approximate surface area is 184 Å². The van der Waals surface area contributed by atoms with Gasteiger partial charge in [0.2, 0.25) is 0 Å². The Morgan fingerprint density at radius 3 is 1.10 bits per heavy atom. The fraction of sp³-hybridized carbons (Fsp3) is 0.533. The molecule has 0 bridgehead atoms. The smallest absolute Gasteiger partial charge is 0.0252 e. The van der Waals surface area contributed by atoms with Crippen LogP contribution in [0.3, 0.4) is 0 Å². The average Bonchev–Trinajstić information content (AvgIpc) is 2.67. The first-order valence-electron chi connectivity index (χ1n) is 11.6.